The Balaban J connectivity index is 2.20. The summed E-state index contributed by atoms with van der Waals surface area (Å²) in [6, 6.07) is 0. The van der Waals surface area contributed by atoms with E-state index in [0.29, 0.717) is 12.5 Å². The number of carbonyl (C=O) groups is 1. The number of nitrogens with zero attached hydrogens (tertiary/aromatic N) is 2. The van der Waals surface area contributed by atoms with Crippen molar-refractivity contribution in [3.63, 3.8) is 0 Å². The summed E-state index contributed by atoms with van der Waals surface area (Å²) in [7, 11) is 5.54. The van der Waals surface area contributed by atoms with Crippen molar-refractivity contribution < 1.29 is 9.53 Å². The minimum atomic E-state index is -0.154. The zero-order valence-corrected chi connectivity index (χ0v) is 9.32. The van der Waals surface area contributed by atoms with Gasteiger partial charge in [-0.15, -0.1) is 0 Å². The minimum absolute atomic E-state index is 0.154. The molecule has 1 aliphatic heterocycles. The summed E-state index contributed by atoms with van der Waals surface area (Å²) in [5.41, 5.74) is 0. The zero-order valence-electron chi connectivity index (χ0n) is 9.32. The number of likely N-dealkylation sites (tertiary alicyclic amines) is 1. The predicted octanol–water partition coefficient (Wildman–Crippen LogP) is 0.0429. The average Bonchev–Trinajstić information content (AvgIpc) is 2.50. The molecule has 1 atom stereocenters. The molecule has 0 aromatic carbocycles. The number of esters is 1. The van der Waals surface area contributed by atoms with Crippen molar-refractivity contribution in [3.8, 4) is 0 Å². The van der Waals surface area contributed by atoms with E-state index in [1.165, 1.54) is 20.1 Å². The monoisotopic (exact) mass is 200 g/mol. The van der Waals surface area contributed by atoms with Crippen molar-refractivity contribution in [2.24, 2.45) is 5.92 Å². The summed E-state index contributed by atoms with van der Waals surface area (Å²) in [4.78, 5) is 15.4. The third-order valence-corrected chi connectivity index (χ3v) is 2.69. The molecule has 4 nitrogen and oxygen atoms in total. The Hall–Kier alpha value is -0.610. The van der Waals surface area contributed by atoms with E-state index in [9.17, 15) is 4.79 Å². The van der Waals surface area contributed by atoms with Crippen LogP contribution in [0.2, 0.25) is 0 Å². The van der Waals surface area contributed by atoms with Gasteiger partial charge >= 0.3 is 5.97 Å². The smallest absolute Gasteiger partial charge is 0.319 e. The summed E-state index contributed by atoms with van der Waals surface area (Å²) in [6.45, 7) is 3.71. The maximum absolute atomic E-state index is 11.0. The molecular formula is C10H20N2O2. The average molecular weight is 200 g/mol. The van der Waals surface area contributed by atoms with Crippen molar-refractivity contribution in [3.05, 3.63) is 0 Å². The molecule has 1 aliphatic rings. The normalized spacial score (nSPS) is 23.0. The highest BCUT2D eigenvalue weighted by atomic mass is 16.5. The Labute approximate surface area is 85.8 Å². The standard InChI is InChI=1S/C10H20N2O2/c1-11-5-4-9(6-11)7-12(2)8-10(13)14-3/h9H,4-8H2,1-3H3. The van der Waals surface area contributed by atoms with Crippen LogP contribution in [0.1, 0.15) is 6.42 Å². The van der Waals surface area contributed by atoms with Gasteiger partial charge in [0.1, 0.15) is 0 Å². The lowest BCUT2D eigenvalue weighted by Gasteiger charge is -2.19. The molecule has 0 aromatic heterocycles. The van der Waals surface area contributed by atoms with Crippen molar-refractivity contribution in [2.75, 3.05) is 47.4 Å². The SMILES string of the molecule is COC(=O)CN(C)CC1CCN(C)C1. The lowest BCUT2D eigenvalue weighted by Crippen LogP contribution is -2.32. The molecule has 1 saturated heterocycles. The maximum atomic E-state index is 11.0. The molecule has 1 heterocycles. The summed E-state index contributed by atoms with van der Waals surface area (Å²) in [6.07, 6.45) is 1.24. The van der Waals surface area contributed by atoms with E-state index < -0.39 is 0 Å². The number of likely N-dealkylation sites (N-methyl/N-ethyl adjacent to an activating group) is 1. The molecular weight excluding hydrogens is 180 g/mol. The maximum Gasteiger partial charge on any atom is 0.319 e. The van der Waals surface area contributed by atoms with Gasteiger partial charge in [0.15, 0.2) is 0 Å². The topological polar surface area (TPSA) is 32.8 Å². The van der Waals surface area contributed by atoms with Crippen molar-refractivity contribution in [1.29, 1.82) is 0 Å². The van der Waals surface area contributed by atoms with E-state index >= 15 is 0 Å². The van der Waals surface area contributed by atoms with Gasteiger partial charge in [0.25, 0.3) is 0 Å². The first-order valence-corrected chi connectivity index (χ1v) is 5.05. The minimum Gasteiger partial charge on any atom is -0.468 e. The molecule has 82 valence electrons. The highest BCUT2D eigenvalue weighted by Crippen LogP contribution is 2.14. The molecule has 0 saturated carbocycles. The van der Waals surface area contributed by atoms with E-state index in [1.807, 2.05) is 11.9 Å². The molecule has 1 fully saturated rings. The Morgan fingerprint density at radius 3 is 2.86 bits per heavy atom. The van der Waals surface area contributed by atoms with E-state index in [2.05, 4.69) is 16.7 Å². The van der Waals surface area contributed by atoms with Gasteiger partial charge < -0.3 is 9.64 Å². The van der Waals surface area contributed by atoms with Gasteiger partial charge in [-0.05, 0) is 33.0 Å². The number of ether oxygens (including phenoxy) is 1. The van der Waals surface area contributed by atoms with Crippen molar-refractivity contribution in [2.45, 2.75) is 6.42 Å². The number of hydrogen-bond donors (Lipinski definition) is 0. The Morgan fingerprint density at radius 2 is 2.36 bits per heavy atom. The molecule has 0 radical (unpaired) electrons. The molecule has 1 unspecified atom stereocenters. The van der Waals surface area contributed by atoms with Crippen molar-refractivity contribution in [1.82, 2.24) is 9.80 Å². The van der Waals surface area contributed by atoms with Crippen LogP contribution < -0.4 is 0 Å². The molecule has 1 rings (SSSR count). The van der Waals surface area contributed by atoms with Crippen LogP contribution in [0.5, 0.6) is 0 Å². The molecule has 0 N–H and O–H groups in total. The fourth-order valence-corrected chi connectivity index (χ4v) is 1.97. The van der Waals surface area contributed by atoms with Gasteiger partial charge in [0.2, 0.25) is 0 Å². The molecule has 0 spiro atoms. The van der Waals surface area contributed by atoms with Crippen LogP contribution >= 0.6 is 0 Å². The Kier molecular flexibility index (Phi) is 4.35. The van der Waals surface area contributed by atoms with E-state index in [-0.39, 0.29) is 5.97 Å². The first kappa shape index (κ1) is 11.5. The first-order chi connectivity index (χ1) is 6.61. The summed E-state index contributed by atoms with van der Waals surface area (Å²) < 4.78 is 4.62. The Bertz CT molecular complexity index is 197. The van der Waals surface area contributed by atoms with E-state index in [0.717, 1.165) is 13.1 Å². The number of methoxy groups -OCH3 is 1. The largest absolute Gasteiger partial charge is 0.468 e. The number of rotatable bonds is 4. The van der Waals surface area contributed by atoms with Crippen LogP contribution in [-0.4, -0.2) is 63.2 Å². The van der Waals surface area contributed by atoms with Crippen LogP contribution in [0.15, 0.2) is 0 Å². The lowest BCUT2D eigenvalue weighted by molar-refractivity contribution is -0.141. The second-order valence-electron chi connectivity index (χ2n) is 4.19. The van der Waals surface area contributed by atoms with Gasteiger partial charge in [-0.25, -0.2) is 0 Å². The van der Waals surface area contributed by atoms with Gasteiger partial charge in [-0.3, -0.25) is 9.69 Å². The van der Waals surface area contributed by atoms with Gasteiger partial charge in [0.05, 0.1) is 13.7 Å². The predicted molar refractivity (Wildman–Crippen MR) is 55.1 cm³/mol. The zero-order chi connectivity index (χ0) is 10.6. The van der Waals surface area contributed by atoms with Crippen LogP contribution in [0, 0.1) is 5.92 Å². The number of hydrogen-bond acceptors (Lipinski definition) is 4. The second-order valence-corrected chi connectivity index (χ2v) is 4.19. The Morgan fingerprint density at radius 1 is 1.64 bits per heavy atom. The molecule has 0 bridgehead atoms. The number of carbonyl (C=O) groups excluding carboxylic acids is 1. The molecule has 4 heteroatoms. The van der Waals surface area contributed by atoms with E-state index in [4.69, 9.17) is 0 Å². The molecule has 0 aliphatic carbocycles. The van der Waals surface area contributed by atoms with Gasteiger partial charge in [0, 0.05) is 13.1 Å². The van der Waals surface area contributed by atoms with Crippen LogP contribution in [0.3, 0.4) is 0 Å². The summed E-state index contributed by atoms with van der Waals surface area (Å²) in [5.74, 6) is 0.550. The van der Waals surface area contributed by atoms with E-state index in [1.54, 1.807) is 0 Å². The van der Waals surface area contributed by atoms with Crippen LogP contribution in [0.4, 0.5) is 0 Å². The highest BCUT2D eigenvalue weighted by molar-refractivity contribution is 5.71. The third kappa shape index (κ3) is 3.64. The summed E-state index contributed by atoms with van der Waals surface area (Å²) >= 11 is 0. The van der Waals surface area contributed by atoms with Gasteiger partial charge in [-0.1, -0.05) is 0 Å². The lowest BCUT2D eigenvalue weighted by atomic mass is 10.1. The van der Waals surface area contributed by atoms with Crippen LogP contribution in [-0.2, 0) is 9.53 Å². The fraction of sp³-hybridized carbons (Fsp3) is 0.900. The van der Waals surface area contributed by atoms with Crippen LogP contribution in [0.25, 0.3) is 0 Å². The highest BCUT2D eigenvalue weighted by Gasteiger charge is 2.21. The molecule has 14 heavy (non-hydrogen) atoms. The second kappa shape index (κ2) is 5.32. The van der Waals surface area contributed by atoms with Gasteiger partial charge in [-0.2, -0.15) is 0 Å². The summed E-state index contributed by atoms with van der Waals surface area (Å²) in [5, 5.41) is 0. The molecule has 0 amide bonds. The molecule has 0 aromatic rings. The fourth-order valence-electron chi connectivity index (χ4n) is 1.97. The third-order valence-electron chi connectivity index (χ3n) is 2.69. The van der Waals surface area contributed by atoms with Crippen molar-refractivity contribution >= 4 is 5.97 Å². The quantitative estimate of drug-likeness (QED) is 0.600. The first-order valence-electron chi connectivity index (χ1n) is 5.05.